The van der Waals surface area contributed by atoms with Crippen molar-refractivity contribution in [2.45, 2.75) is 12.8 Å². The quantitative estimate of drug-likeness (QED) is 0.495. The molecule has 9 heavy (non-hydrogen) atoms. The van der Waals surface area contributed by atoms with Gasteiger partial charge in [0.2, 0.25) is 0 Å². The van der Waals surface area contributed by atoms with E-state index in [1.807, 2.05) is 0 Å². The van der Waals surface area contributed by atoms with Crippen LogP contribution in [0.25, 0.3) is 0 Å². The average molecular weight is 132 g/mol. The van der Waals surface area contributed by atoms with Gasteiger partial charge in [-0.15, -0.1) is 0 Å². The minimum Gasteiger partial charge on any atom is -0.324 e. The molecule has 0 N–H and O–H groups in total. The fourth-order valence-corrected chi connectivity index (χ4v) is 1.53. The second-order valence-corrected chi connectivity index (χ2v) is 3.19. The van der Waals surface area contributed by atoms with E-state index in [0.29, 0.717) is 0 Å². The Morgan fingerprint density at radius 3 is 2.33 bits per heavy atom. The molecule has 0 saturated carbocycles. The van der Waals surface area contributed by atoms with Crippen LogP contribution in [0.4, 0.5) is 4.39 Å². The minimum atomic E-state index is -0.156. The van der Waals surface area contributed by atoms with Gasteiger partial charge in [0.15, 0.2) is 0 Å². The first kappa shape index (κ1) is 7.00. The summed E-state index contributed by atoms with van der Waals surface area (Å²) < 4.78 is 12.8. The van der Waals surface area contributed by atoms with Crippen molar-refractivity contribution in [3.05, 3.63) is 0 Å². The molecule has 1 saturated heterocycles. The molecule has 0 atom stereocenters. The van der Waals surface area contributed by atoms with Crippen molar-refractivity contribution < 1.29 is 8.87 Å². The number of hydrogen-bond donors (Lipinski definition) is 0. The monoisotopic (exact) mass is 132 g/mol. The van der Waals surface area contributed by atoms with Crippen LogP contribution in [-0.4, -0.2) is 37.8 Å². The van der Waals surface area contributed by atoms with Crippen molar-refractivity contribution in [1.29, 1.82) is 0 Å². The highest BCUT2D eigenvalue weighted by Gasteiger charge is 2.25. The maximum Gasteiger partial charge on any atom is 0.138 e. The fourth-order valence-electron chi connectivity index (χ4n) is 1.53. The molecule has 0 spiro atoms. The minimum absolute atomic E-state index is 0.156. The summed E-state index contributed by atoms with van der Waals surface area (Å²) in [5.74, 6) is 0. The molecule has 2 heteroatoms. The third-order valence-corrected chi connectivity index (χ3v) is 2.27. The number of halogens is 1. The first-order valence-corrected chi connectivity index (χ1v) is 3.66. The second kappa shape index (κ2) is 2.65. The highest BCUT2D eigenvalue weighted by Crippen LogP contribution is 2.15. The summed E-state index contributed by atoms with van der Waals surface area (Å²) in [7, 11) is 2.15. The Morgan fingerprint density at radius 1 is 1.33 bits per heavy atom. The first-order chi connectivity index (χ1) is 4.27. The summed E-state index contributed by atoms with van der Waals surface area (Å²) >= 11 is 0. The van der Waals surface area contributed by atoms with Crippen LogP contribution in [0.2, 0.25) is 0 Å². The molecule has 1 nitrogen and oxygen atoms in total. The lowest BCUT2D eigenvalue weighted by molar-refractivity contribution is -0.897. The van der Waals surface area contributed by atoms with Gasteiger partial charge < -0.3 is 4.48 Å². The van der Waals surface area contributed by atoms with Crippen LogP contribution in [-0.2, 0) is 0 Å². The highest BCUT2D eigenvalue weighted by molar-refractivity contribution is 4.50. The van der Waals surface area contributed by atoms with Crippen molar-refractivity contribution in [1.82, 2.24) is 0 Å². The first-order valence-electron chi connectivity index (χ1n) is 3.66. The SMILES string of the molecule is C[N+]1(CCF)CCCC1. The molecular formula is C7H15FN+. The average Bonchev–Trinajstić information content (AvgIpc) is 2.16. The number of likely N-dealkylation sites (tertiary alicyclic amines) is 1. The zero-order valence-electron chi connectivity index (χ0n) is 6.07. The second-order valence-electron chi connectivity index (χ2n) is 3.19. The lowest BCUT2D eigenvalue weighted by atomic mass is 10.4. The topological polar surface area (TPSA) is 0 Å². The van der Waals surface area contributed by atoms with E-state index < -0.39 is 0 Å². The Balaban J connectivity index is 2.32. The van der Waals surface area contributed by atoms with E-state index >= 15 is 0 Å². The lowest BCUT2D eigenvalue weighted by Gasteiger charge is -2.27. The molecule has 0 aromatic rings. The Kier molecular flexibility index (Phi) is 2.06. The van der Waals surface area contributed by atoms with Gasteiger partial charge >= 0.3 is 0 Å². The van der Waals surface area contributed by atoms with E-state index in [2.05, 4.69) is 7.05 Å². The summed E-state index contributed by atoms with van der Waals surface area (Å²) in [5.41, 5.74) is 0. The van der Waals surface area contributed by atoms with E-state index in [0.717, 1.165) is 11.0 Å². The molecule has 0 aromatic heterocycles. The molecule has 0 aromatic carbocycles. The summed E-state index contributed by atoms with van der Waals surface area (Å²) in [6, 6.07) is 0. The van der Waals surface area contributed by atoms with Crippen molar-refractivity contribution in [2.24, 2.45) is 0 Å². The lowest BCUT2D eigenvalue weighted by Crippen LogP contribution is -2.42. The summed E-state index contributed by atoms with van der Waals surface area (Å²) in [6.07, 6.45) is 2.58. The van der Waals surface area contributed by atoms with Gasteiger partial charge in [0, 0.05) is 12.8 Å². The number of alkyl halides is 1. The molecule has 1 heterocycles. The summed E-state index contributed by atoms with van der Waals surface area (Å²) in [6.45, 7) is 2.93. The number of rotatable bonds is 2. The van der Waals surface area contributed by atoms with E-state index in [1.165, 1.54) is 25.9 Å². The fraction of sp³-hybridized carbons (Fsp3) is 1.00. The van der Waals surface area contributed by atoms with Gasteiger partial charge in [0.1, 0.15) is 13.2 Å². The standard InChI is InChI=1S/C7H15FN/c1-9(7-4-8)5-2-3-6-9/h2-7H2,1H3/q+1. The molecule has 0 bridgehead atoms. The summed E-state index contributed by atoms with van der Waals surface area (Å²) in [5, 5.41) is 0. The number of hydrogen-bond acceptors (Lipinski definition) is 0. The molecule has 54 valence electrons. The van der Waals surface area contributed by atoms with Gasteiger partial charge in [-0.2, -0.15) is 0 Å². The Bertz CT molecular complexity index is 86.9. The largest absolute Gasteiger partial charge is 0.324 e. The smallest absolute Gasteiger partial charge is 0.138 e. The molecule has 0 amide bonds. The highest BCUT2D eigenvalue weighted by atomic mass is 19.1. The van der Waals surface area contributed by atoms with Crippen molar-refractivity contribution in [2.75, 3.05) is 33.4 Å². The van der Waals surface area contributed by atoms with E-state index in [1.54, 1.807) is 0 Å². The summed E-state index contributed by atoms with van der Waals surface area (Å²) in [4.78, 5) is 0. The predicted octanol–water partition coefficient (Wildman–Crippen LogP) is 1.20. The third kappa shape index (κ3) is 1.65. The van der Waals surface area contributed by atoms with Gasteiger partial charge in [-0.3, -0.25) is 0 Å². The molecule has 1 fully saturated rings. The van der Waals surface area contributed by atoms with Crippen LogP contribution in [0.1, 0.15) is 12.8 Å². The zero-order chi connectivity index (χ0) is 6.74. The van der Waals surface area contributed by atoms with Gasteiger partial charge in [0.05, 0.1) is 20.1 Å². The Labute approximate surface area is 56.1 Å². The molecular weight excluding hydrogens is 117 g/mol. The van der Waals surface area contributed by atoms with Gasteiger partial charge in [-0.1, -0.05) is 0 Å². The normalized spacial score (nSPS) is 24.7. The zero-order valence-corrected chi connectivity index (χ0v) is 6.07. The van der Waals surface area contributed by atoms with Crippen LogP contribution in [0, 0.1) is 0 Å². The maximum atomic E-state index is 11.9. The molecule has 1 rings (SSSR count). The van der Waals surface area contributed by atoms with E-state index in [9.17, 15) is 4.39 Å². The van der Waals surface area contributed by atoms with E-state index in [-0.39, 0.29) is 6.67 Å². The van der Waals surface area contributed by atoms with E-state index in [4.69, 9.17) is 0 Å². The van der Waals surface area contributed by atoms with Crippen molar-refractivity contribution in [3.8, 4) is 0 Å². The van der Waals surface area contributed by atoms with Gasteiger partial charge in [0.25, 0.3) is 0 Å². The molecule has 0 unspecified atom stereocenters. The molecule has 1 aliphatic heterocycles. The van der Waals surface area contributed by atoms with Gasteiger partial charge in [-0.05, 0) is 0 Å². The number of quaternary nitrogens is 1. The third-order valence-electron chi connectivity index (χ3n) is 2.27. The van der Waals surface area contributed by atoms with Crippen molar-refractivity contribution in [3.63, 3.8) is 0 Å². The molecule has 1 aliphatic rings. The van der Waals surface area contributed by atoms with Crippen LogP contribution >= 0.6 is 0 Å². The molecule has 0 radical (unpaired) electrons. The van der Waals surface area contributed by atoms with Crippen LogP contribution in [0.3, 0.4) is 0 Å². The number of nitrogens with zero attached hydrogens (tertiary/aromatic N) is 1. The van der Waals surface area contributed by atoms with Crippen molar-refractivity contribution >= 4 is 0 Å². The Morgan fingerprint density at radius 2 is 1.89 bits per heavy atom. The molecule has 0 aliphatic carbocycles. The maximum absolute atomic E-state index is 11.9. The predicted molar refractivity (Wildman–Crippen MR) is 36.0 cm³/mol. The van der Waals surface area contributed by atoms with Crippen LogP contribution in [0.5, 0.6) is 0 Å². The van der Waals surface area contributed by atoms with Gasteiger partial charge in [-0.25, -0.2) is 4.39 Å². The van der Waals surface area contributed by atoms with Crippen LogP contribution in [0.15, 0.2) is 0 Å². The Hall–Kier alpha value is -0.110. The van der Waals surface area contributed by atoms with Crippen LogP contribution < -0.4 is 0 Å².